The third-order valence-corrected chi connectivity index (χ3v) is 5.29. The molecule has 1 atom stereocenters. The van der Waals surface area contributed by atoms with Crippen LogP contribution in [0.15, 0.2) is 41.7 Å². The Bertz CT molecular complexity index is 827. The average molecular weight is 415 g/mol. The number of ether oxygens (including phenoxy) is 1. The standard InChI is InChI=1S/C22H34N6O2/c1-4-23-21(25-17-22(2,29)20-14-26-27(3)16-20)24-13-18-7-5-6-8-19(18)15-28-9-11-30-12-10-28/h5-8,14,16,29H,4,9-13,15,17H2,1-3H3,(H2,23,24,25). The van der Waals surface area contributed by atoms with Crippen LogP contribution in [0.1, 0.15) is 30.5 Å². The van der Waals surface area contributed by atoms with Gasteiger partial charge in [0.15, 0.2) is 5.96 Å². The second-order valence-electron chi connectivity index (χ2n) is 7.88. The molecular formula is C22H34N6O2. The Labute approximate surface area is 178 Å². The summed E-state index contributed by atoms with van der Waals surface area (Å²) in [6, 6.07) is 8.45. The molecule has 0 bridgehead atoms. The van der Waals surface area contributed by atoms with Gasteiger partial charge in [0.1, 0.15) is 5.60 Å². The number of hydrogen-bond acceptors (Lipinski definition) is 5. The Hall–Kier alpha value is -2.42. The molecule has 2 aromatic rings. The minimum absolute atomic E-state index is 0.333. The van der Waals surface area contributed by atoms with E-state index in [1.165, 1.54) is 11.1 Å². The number of nitrogens with one attached hydrogen (secondary N) is 2. The Morgan fingerprint density at radius 1 is 1.23 bits per heavy atom. The van der Waals surface area contributed by atoms with Crippen LogP contribution in [0.4, 0.5) is 0 Å². The Kier molecular flexibility index (Phi) is 7.84. The van der Waals surface area contributed by atoms with Crippen LogP contribution in [0.2, 0.25) is 0 Å². The van der Waals surface area contributed by atoms with Crippen molar-refractivity contribution in [2.75, 3.05) is 39.4 Å². The number of aryl methyl sites for hydroxylation is 1. The Morgan fingerprint density at radius 3 is 2.63 bits per heavy atom. The van der Waals surface area contributed by atoms with Crippen molar-refractivity contribution in [2.24, 2.45) is 12.0 Å². The molecule has 3 rings (SSSR count). The molecule has 1 fully saturated rings. The quantitative estimate of drug-likeness (QED) is 0.445. The van der Waals surface area contributed by atoms with Crippen molar-refractivity contribution in [1.82, 2.24) is 25.3 Å². The van der Waals surface area contributed by atoms with Crippen LogP contribution in [0.25, 0.3) is 0 Å². The largest absolute Gasteiger partial charge is 0.383 e. The summed E-state index contributed by atoms with van der Waals surface area (Å²) in [7, 11) is 1.84. The first-order valence-electron chi connectivity index (χ1n) is 10.6. The van der Waals surface area contributed by atoms with E-state index >= 15 is 0 Å². The molecule has 1 aromatic heterocycles. The topological polar surface area (TPSA) is 86.9 Å². The van der Waals surface area contributed by atoms with Crippen LogP contribution in [0.5, 0.6) is 0 Å². The first kappa shape index (κ1) is 22.3. The second kappa shape index (κ2) is 10.6. The summed E-state index contributed by atoms with van der Waals surface area (Å²) in [6.07, 6.45) is 3.52. The van der Waals surface area contributed by atoms with E-state index in [9.17, 15) is 5.11 Å². The third-order valence-electron chi connectivity index (χ3n) is 5.29. The van der Waals surface area contributed by atoms with Gasteiger partial charge in [0, 0.05) is 45.0 Å². The van der Waals surface area contributed by atoms with Crippen LogP contribution in [0, 0.1) is 0 Å². The fourth-order valence-electron chi connectivity index (χ4n) is 3.43. The van der Waals surface area contributed by atoms with E-state index in [4.69, 9.17) is 9.73 Å². The van der Waals surface area contributed by atoms with Crippen molar-refractivity contribution in [3.05, 3.63) is 53.3 Å². The molecule has 0 spiro atoms. The molecule has 0 radical (unpaired) electrons. The van der Waals surface area contributed by atoms with Gasteiger partial charge in [-0.25, -0.2) is 4.99 Å². The summed E-state index contributed by atoms with van der Waals surface area (Å²) >= 11 is 0. The number of rotatable bonds is 8. The van der Waals surface area contributed by atoms with Gasteiger partial charge in [-0.05, 0) is 25.0 Å². The molecule has 0 saturated carbocycles. The number of morpholine rings is 1. The lowest BCUT2D eigenvalue weighted by atomic mass is 10.00. The highest BCUT2D eigenvalue weighted by molar-refractivity contribution is 5.79. The molecule has 2 heterocycles. The zero-order chi connectivity index (χ0) is 21.4. The molecule has 1 aliphatic heterocycles. The minimum Gasteiger partial charge on any atom is -0.383 e. The molecule has 1 unspecified atom stereocenters. The van der Waals surface area contributed by atoms with E-state index in [1.54, 1.807) is 17.8 Å². The van der Waals surface area contributed by atoms with Gasteiger partial charge in [-0.1, -0.05) is 24.3 Å². The van der Waals surface area contributed by atoms with E-state index in [0.717, 1.165) is 45.0 Å². The summed E-state index contributed by atoms with van der Waals surface area (Å²) in [6.45, 7) is 9.89. The predicted molar refractivity (Wildman–Crippen MR) is 118 cm³/mol. The lowest BCUT2D eigenvalue weighted by Gasteiger charge is -2.27. The number of guanidine groups is 1. The molecule has 1 aromatic carbocycles. The van der Waals surface area contributed by atoms with Crippen LogP contribution in [-0.2, 0) is 30.5 Å². The molecule has 1 saturated heterocycles. The van der Waals surface area contributed by atoms with Crippen molar-refractivity contribution in [3.63, 3.8) is 0 Å². The van der Waals surface area contributed by atoms with Crippen molar-refractivity contribution >= 4 is 5.96 Å². The molecule has 0 amide bonds. The molecule has 8 nitrogen and oxygen atoms in total. The van der Waals surface area contributed by atoms with Gasteiger partial charge in [0.05, 0.1) is 32.5 Å². The summed E-state index contributed by atoms with van der Waals surface area (Å²) in [4.78, 5) is 7.18. The molecule has 30 heavy (non-hydrogen) atoms. The van der Waals surface area contributed by atoms with Crippen LogP contribution < -0.4 is 10.6 Å². The van der Waals surface area contributed by atoms with Crippen LogP contribution >= 0.6 is 0 Å². The lowest BCUT2D eigenvalue weighted by molar-refractivity contribution is 0.0341. The number of nitrogens with zero attached hydrogens (tertiary/aromatic N) is 4. The highest BCUT2D eigenvalue weighted by atomic mass is 16.5. The van der Waals surface area contributed by atoms with Gasteiger partial charge in [-0.15, -0.1) is 0 Å². The monoisotopic (exact) mass is 414 g/mol. The van der Waals surface area contributed by atoms with E-state index in [2.05, 4.69) is 44.9 Å². The lowest BCUT2D eigenvalue weighted by Crippen LogP contribution is -2.44. The summed E-state index contributed by atoms with van der Waals surface area (Å²) in [5.74, 6) is 0.683. The van der Waals surface area contributed by atoms with Gasteiger partial charge in [0.2, 0.25) is 0 Å². The number of benzene rings is 1. The maximum atomic E-state index is 10.8. The van der Waals surface area contributed by atoms with Crippen molar-refractivity contribution in [2.45, 2.75) is 32.5 Å². The zero-order valence-electron chi connectivity index (χ0n) is 18.3. The van der Waals surface area contributed by atoms with E-state index in [0.29, 0.717) is 19.0 Å². The minimum atomic E-state index is -1.04. The molecule has 0 aliphatic carbocycles. The highest BCUT2D eigenvalue weighted by Crippen LogP contribution is 2.18. The van der Waals surface area contributed by atoms with E-state index in [-0.39, 0.29) is 0 Å². The van der Waals surface area contributed by atoms with Crippen molar-refractivity contribution in [3.8, 4) is 0 Å². The number of aliphatic imine (C=N–C) groups is 1. The Morgan fingerprint density at radius 2 is 1.97 bits per heavy atom. The second-order valence-corrected chi connectivity index (χ2v) is 7.88. The number of aliphatic hydroxyl groups is 1. The first-order valence-corrected chi connectivity index (χ1v) is 10.6. The predicted octanol–water partition coefficient (Wildman–Crippen LogP) is 1.22. The van der Waals surface area contributed by atoms with Gasteiger partial charge in [-0.2, -0.15) is 5.10 Å². The number of hydrogen-bond donors (Lipinski definition) is 3. The molecular weight excluding hydrogens is 380 g/mol. The molecule has 8 heteroatoms. The summed E-state index contributed by atoms with van der Waals surface area (Å²) in [5, 5.41) is 21.5. The summed E-state index contributed by atoms with van der Waals surface area (Å²) < 4.78 is 7.14. The van der Waals surface area contributed by atoms with Crippen molar-refractivity contribution < 1.29 is 9.84 Å². The summed E-state index contributed by atoms with van der Waals surface area (Å²) in [5.41, 5.74) is 2.23. The first-order chi connectivity index (χ1) is 14.5. The average Bonchev–Trinajstić information content (AvgIpc) is 3.19. The fourth-order valence-corrected chi connectivity index (χ4v) is 3.43. The maximum absolute atomic E-state index is 10.8. The molecule has 164 valence electrons. The fraction of sp³-hybridized carbons (Fsp3) is 0.545. The smallest absolute Gasteiger partial charge is 0.191 e. The van der Waals surface area contributed by atoms with Gasteiger partial charge in [-0.3, -0.25) is 9.58 Å². The number of aromatic nitrogens is 2. The molecule has 3 N–H and O–H groups in total. The van der Waals surface area contributed by atoms with Crippen molar-refractivity contribution in [1.29, 1.82) is 0 Å². The van der Waals surface area contributed by atoms with Crippen LogP contribution in [0.3, 0.4) is 0 Å². The zero-order valence-corrected chi connectivity index (χ0v) is 18.3. The van der Waals surface area contributed by atoms with Gasteiger partial charge >= 0.3 is 0 Å². The Balaban J connectivity index is 1.64. The normalized spacial score (nSPS) is 17.5. The molecule has 1 aliphatic rings. The van der Waals surface area contributed by atoms with Gasteiger partial charge in [0.25, 0.3) is 0 Å². The third kappa shape index (κ3) is 6.29. The van der Waals surface area contributed by atoms with E-state index in [1.807, 2.05) is 20.2 Å². The SMILES string of the molecule is CCNC(=NCc1ccccc1CN1CCOCC1)NCC(C)(O)c1cnn(C)c1. The van der Waals surface area contributed by atoms with Crippen LogP contribution in [-0.4, -0.2) is 65.1 Å². The van der Waals surface area contributed by atoms with E-state index < -0.39 is 5.60 Å². The van der Waals surface area contributed by atoms with Gasteiger partial charge < -0.3 is 20.5 Å². The highest BCUT2D eigenvalue weighted by Gasteiger charge is 2.25. The maximum Gasteiger partial charge on any atom is 0.191 e.